The van der Waals surface area contributed by atoms with Crippen LogP contribution in [0.15, 0.2) is 77.3 Å². The second-order valence-electron chi connectivity index (χ2n) is 9.05. The van der Waals surface area contributed by atoms with E-state index in [1.165, 1.54) is 27.6 Å². The minimum Gasteiger partial charge on any atom is -0.437 e. The van der Waals surface area contributed by atoms with Crippen molar-refractivity contribution in [3.05, 3.63) is 84.1 Å². The average Bonchev–Trinajstić information content (AvgIpc) is 3.15. The molecular weight excluding hydrogens is 392 g/mol. The molecule has 3 aromatic heterocycles. The molecule has 6 aromatic rings. The molecule has 3 aromatic carbocycles. The van der Waals surface area contributed by atoms with Crippen molar-refractivity contribution in [3.63, 3.8) is 0 Å². The lowest BCUT2D eigenvalue weighted by Gasteiger charge is -2.11. The zero-order valence-corrected chi connectivity index (χ0v) is 18.8. The van der Waals surface area contributed by atoms with E-state index in [1.54, 1.807) is 0 Å². The molecule has 0 N–H and O–H groups in total. The zero-order chi connectivity index (χ0) is 22.0. The van der Waals surface area contributed by atoms with Crippen molar-refractivity contribution in [1.82, 2.24) is 4.98 Å². The van der Waals surface area contributed by atoms with Crippen LogP contribution in [-0.2, 0) is 7.05 Å². The van der Waals surface area contributed by atoms with E-state index in [-0.39, 0.29) is 0 Å². The summed E-state index contributed by atoms with van der Waals surface area (Å²) in [5.41, 5.74) is 7.40. The number of hydrogen-bond donors (Lipinski definition) is 0. The van der Waals surface area contributed by atoms with Gasteiger partial charge in [0.25, 0.3) is 0 Å². The van der Waals surface area contributed by atoms with E-state index in [4.69, 9.17) is 9.40 Å². The minimum absolute atomic E-state index is 0.498. The first kappa shape index (κ1) is 19.0. The van der Waals surface area contributed by atoms with E-state index >= 15 is 0 Å². The van der Waals surface area contributed by atoms with Gasteiger partial charge in [0, 0.05) is 22.2 Å². The highest BCUT2D eigenvalue weighted by Crippen LogP contribution is 2.39. The van der Waals surface area contributed by atoms with E-state index in [1.807, 2.05) is 12.1 Å². The summed E-state index contributed by atoms with van der Waals surface area (Å²) in [5.74, 6) is 0.498. The Morgan fingerprint density at radius 1 is 0.844 bits per heavy atom. The summed E-state index contributed by atoms with van der Waals surface area (Å²) in [6, 6.07) is 23.8. The fourth-order valence-corrected chi connectivity index (χ4v) is 4.82. The molecule has 0 radical (unpaired) electrons. The third-order valence-corrected chi connectivity index (χ3v) is 6.61. The predicted octanol–water partition coefficient (Wildman–Crippen LogP) is 7.21. The number of fused-ring (bicyclic) bond motifs is 5. The number of furan rings is 1. The van der Waals surface area contributed by atoms with Crippen molar-refractivity contribution in [3.8, 4) is 11.3 Å². The van der Waals surface area contributed by atoms with Gasteiger partial charge >= 0.3 is 0 Å². The van der Waals surface area contributed by atoms with Crippen molar-refractivity contribution < 1.29 is 8.98 Å². The molecule has 0 atom stereocenters. The molecule has 3 nitrogen and oxygen atoms in total. The highest BCUT2D eigenvalue weighted by Gasteiger charge is 2.24. The first-order valence-corrected chi connectivity index (χ1v) is 11.2. The second kappa shape index (κ2) is 6.89. The molecule has 156 valence electrons. The number of benzene rings is 3. The summed E-state index contributed by atoms with van der Waals surface area (Å²) in [4.78, 5) is 4.82. The Bertz CT molecular complexity index is 1670. The molecule has 32 heavy (non-hydrogen) atoms. The van der Waals surface area contributed by atoms with E-state index < -0.39 is 0 Å². The number of para-hydroxylation sites is 1. The SMILES string of the molecule is Cc1ccc2c(oc3nc4ccccc4cc32)c1-c1c2ccc(C(C)C)cc2cc[n+]1C. The first-order chi connectivity index (χ1) is 15.5. The summed E-state index contributed by atoms with van der Waals surface area (Å²) >= 11 is 0. The Morgan fingerprint density at radius 3 is 2.50 bits per heavy atom. The molecular formula is C29H25N2O+. The number of pyridine rings is 2. The molecule has 0 bridgehead atoms. The Labute approximate surface area is 186 Å². The standard InChI is InChI=1S/C29H25N2O/c1-17(2)19-10-12-22-20(15-19)13-14-31(4)27(22)26-18(3)9-11-23-24-16-21-7-5-6-8-25(21)30-29(24)32-28(23)26/h5-17H,1-4H3/q+1. The van der Waals surface area contributed by atoms with Gasteiger partial charge in [-0.3, -0.25) is 0 Å². The van der Waals surface area contributed by atoms with Gasteiger partial charge in [0.15, 0.2) is 11.8 Å². The van der Waals surface area contributed by atoms with Crippen LogP contribution < -0.4 is 4.57 Å². The summed E-state index contributed by atoms with van der Waals surface area (Å²) in [6.45, 7) is 6.63. The number of aromatic nitrogens is 2. The summed E-state index contributed by atoms with van der Waals surface area (Å²) in [7, 11) is 2.11. The van der Waals surface area contributed by atoms with Crippen LogP contribution in [0, 0.1) is 6.92 Å². The van der Waals surface area contributed by atoms with Crippen molar-refractivity contribution in [2.24, 2.45) is 7.05 Å². The number of rotatable bonds is 2. The minimum atomic E-state index is 0.498. The monoisotopic (exact) mass is 417 g/mol. The van der Waals surface area contributed by atoms with Crippen LogP contribution in [0.25, 0.3) is 55.0 Å². The fraction of sp³-hybridized carbons (Fsp3) is 0.172. The number of hydrogen-bond acceptors (Lipinski definition) is 2. The van der Waals surface area contributed by atoms with E-state index in [2.05, 4.69) is 93.2 Å². The average molecular weight is 418 g/mol. The molecule has 0 fully saturated rings. The third-order valence-electron chi connectivity index (χ3n) is 6.61. The van der Waals surface area contributed by atoms with Crippen LogP contribution in [0.2, 0.25) is 0 Å². The van der Waals surface area contributed by atoms with Gasteiger partial charge in [-0.15, -0.1) is 0 Å². The first-order valence-electron chi connectivity index (χ1n) is 11.2. The molecule has 3 heterocycles. The third kappa shape index (κ3) is 2.74. The normalized spacial score (nSPS) is 12.0. The smallest absolute Gasteiger partial charge is 0.227 e. The van der Waals surface area contributed by atoms with Crippen molar-refractivity contribution in [2.75, 3.05) is 0 Å². The summed E-state index contributed by atoms with van der Waals surface area (Å²) in [6.07, 6.45) is 2.15. The molecule has 0 unspecified atom stereocenters. The molecule has 0 spiro atoms. The number of nitrogens with zero attached hydrogens (tertiary/aromatic N) is 2. The molecule has 6 rings (SSSR count). The second-order valence-corrected chi connectivity index (χ2v) is 9.05. The molecule has 0 amide bonds. The van der Waals surface area contributed by atoms with Gasteiger partial charge in [-0.05, 0) is 47.6 Å². The van der Waals surface area contributed by atoms with Gasteiger partial charge in [0.1, 0.15) is 7.05 Å². The molecule has 3 heteroatoms. The summed E-state index contributed by atoms with van der Waals surface area (Å²) < 4.78 is 8.67. The van der Waals surface area contributed by atoms with E-state index in [9.17, 15) is 0 Å². The van der Waals surface area contributed by atoms with Crippen LogP contribution in [-0.4, -0.2) is 4.98 Å². The highest BCUT2D eigenvalue weighted by molar-refractivity contribution is 6.13. The Kier molecular flexibility index (Phi) is 4.09. The van der Waals surface area contributed by atoms with Crippen molar-refractivity contribution in [1.29, 1.82) is 0 Å². The van der Waals surface area contributed by atoms with Gasteiger partial charge in [0.05, 0.1) is 16.5 Å². The molecule has 0 saturated carbocycles. The lowest BCUT2D eigenvalue weighted by atomic mass is 9.94. The van der Waals surface area contributed by atoms with Gasteiger partial charge in [0.2, 0.25) is 11.4 Å². The molecule has 0 aliphatic carbocycles. The molecule has 0 aliphatic heterocycles. The maximum Gasteiger partial charge on any atom is 0.227 e. The topological polar surface area (TPSA) is 29.9 Å². The number of aryl methyl sites for hydroxylation is 2. The van der Waals surface area contributed by atoms with Gasteiger partial charge < -0.3 is 4.42 Å². The van der Waals surface area contributed by atoms with Crippen LogP contribution in [0.1, 0.15) is 30.9 Å². The lowest BCUT2D eigenvalue weighted by molar-refractivity contribution is -0.659. The highest BCUT2D eigenvalue weighted by atomic mass is 16.3. The van der Waals surface area contributed by atoms with Gasteiger partial charge in [-0.1, -0.05) is 56.3 Å². The Balaban J connectivity index is 1.72. The zero-order valence-electron chi connectivity index (χ0n) is 18.8. The van der Waals surface area contributed by atoms with Crippen LogP contribution in [0.4, 0.5) is 0 Å². The van der Waals surface area contributed by atoms with Crippen molar-refractivity contribution >= 4 is 43.7 Å². The van der Waals surface area contributed by atoms with Gasteiger partial charge in [-0.25, -0.2) is 9.55 Å². The van der Waals surface area contributed by atoms with Crippen LogP contribution >= 0.6 is 0 Å². The quantitative estimate of drug-likeness (QED) is 0.279. The largest absolute Gasteiger partial charge is 0.437 e. The molecule has 0 saturated heterocycles. The fourth-order valence-electron chi connectivity index (χ4n) is 4.82. The maximum atomic E-state index is 6.47. The van der Waals surface area contributed by atoms with Gasteiger partial charge in [-0.2, -0.15) is 0 Å². The molecule has 0 aliphatic rings. The maximum absolute atomic E-state index is 6.47. The Morgan fingerprint density at radius 2 is 1.66 bits per heavy atom. The van der Waals surface area contributed by atoms with E-state index in [0.29, 0.717) is 11.6 Å². The lowest BCUT2D eigenvalue weighted by Crippen LogP contribution is -2.30. The van der Waals surface area contributed by atoms with Crippen LogP contribution in [0.5, 0.6) is 0 Å². The van der Waals surface area contributed by atoms with E-state index in [0.717, 1.165) is 32.8 Å². The predicted molar refractivity (Wildman–Crippen MR) is 132 cm³/mol. The van der Waals surface area contributed by atoms with Crippen LogP contribution in [0.3, 0.4) is 0 Å². The van der Waals surface area contributed by atoms with Crippen molar-refractivity contribution in [2.45, 2.75) is 26.7 Å². The Hall–Kier alpha value is -3.72. The summed E-state index contributed by atoms with van der Waals surface area (Å²) in [5, 5.41) is 5.77.